The molecule has 1 aromatic heterocycles. The minimum atomic E-state index is -0.106. The van der Waals surface area contributed by atoms with E-state index < -0.39 is 0 Å². The number of para-hydroxylation sites is 2. The molecule has 2 aromatic carbocycles. The standard InChI is InChI=1S/C25H27N5O3/c1-33-21-11-6-5-10-20(21)24(31)28-14-7-15-29(17-16-28)25(32)22-23(18-12-13-18)30(27-26-22)19-8-3-2-4-9-19/h2-6,8-11,18H,7,12-17H2,1H3. The quantitative estimate of drug-likeness (QED) is 0.603. The van der Waals surface area contributed by atoms with Crippen LogP contribution in [0.15, 0.2) is 54.6 Å². The van der Waals surface area contributed by atoms with E-state index >= 15 is 0 Å². The molecule has 2 aliphatic rings. The maximum absolute atomic E-state index is 13.5. The summed E-state index contributed by atoms with van der Waals surface area (Å²) in [5, 5.41) is 8.64. The van der Waals surface area contributed by atoms with Crippen molar-refractivity contribution in [3.8, 4) is 11.4 Å². The lowest BCUT2D eigenvalue weighted by Crippen LogP contribution is -2.38. The molecule has 0 N–H and O–H groups in total. The van der Waals surface area contributed by atoms with E-state index in [0.29, 0.717) is 55.5 Å². The van der Waals surface area contributed by atoms with E-state index in [1.165, 1.54) is 0 Å². The normalized spacial score (nSPS) is 16.4. The number of rotatable bonds is 5. The van der Waals surface area contributed by atoms with Crippen LogP contribution in [0.4, 0.5) is 0 Å². The number of aromatic nitrogens is 3. The molecule has 0 bridgehead atoms. The summed E-state index contributed by atoms with van der Waals surface area (Å²) in [6.07, 6.45) is 2.79. The van der Waals surface area contributed by atoms with Gasteiger partial charge in [-0.25, -0.2) is 4.68 Å². The number of hydrogen-bond acceptors (Lipinski definition) is 5. The number of carbonyl (C=O) groups is 2. The number of amides is 2. The molecular formula is C25H27N5O3. The van der Waals surface area contributed by atoms with Crippen LogP contribution in [0.25, 0.3) is 5.69 Å². The van der Waals surface area contributed by atoms with Crippen molar-refractivity contribution >= 4 is 11.8 Å². The van der Waals surface area contributed by atoms with Gasteiger partial charge in [0.05, 0.1) is 24.1 Å². The van der Waals surface area contributed by atoms with E-state index in [-0.39, 0.29) is 11.8 Å². The van der Waals surface area contributed by atoms with Crippen LogP contribution in [0, 0.1) is 0 Å². The van der Waals surface area contributed by atoms with Gasteiger partial charge in [0.2, 0.25) is 0 Å². The molecule has 3 aromatic rings. The van der Waals surface area contributed by atoms with Crippen molar-refractivity contribution in [1.82, 2.24) is 24.8 Å². The van der Waals surface area contributed by atoms with E-state index in [1.807, 2.05) is 42.5 Å². The summed E-state index contributed by atoms with van der Waals surface area (Å²) in [5.74, 6) is 0.696. The average molecular weight is 446 g/mol. The zero-order chi connectivity index (χ0) is 22.8. The predicted octanol–water partition coefficient (Wildman–Crippen LogP) is 3.14. The van der Waals surface area contributed by atoms with Gasteiger partial charge in [-0.05, 0) is 43.5 Å². The maximum Gasteiger partial charge on any atom is 0.276 e. The Balaban J connectivity index is 1.34. The van der Waals surface area contributed by atoms with Gasteiger partial charge in [-0.2, -0.15) is 0 Å². The number of hydrogen-bond donors (Lipinski definition) is 0. The predicted molar refractivity (Wildman–Crippen MR) is 123 cm³/mol. The van der Waals surface area contributed by atoms with Gasteiger partial charge in [0.15, 0.2) is 5.69 Å². The van der Waals surface area contributed by atoms with Crippen molar-refractivity contribution in [3.63, 3.8) is 0 Å². The van der Waals surface area contributed by atoms with Gasteiger partial charge < -0.3 is 14.5 Å². The summed E-state index contributed by atoms with van der Waals surface area (Å²) < 4.78 is 7.16. The first-order chi connectivity index (χ1) is 16.2. The molecule has 1 aliphatic carbocycles. The Morgan fingerprint density at radius 2 is 1.55 bits per heavy atom. The highest BCUT2D eigenvalue weighted by Gasteiger charge is 2.36. The number of benzene rings is 2. The van der Waals surface area contributed by atoms with E-state index in [2.05, 4.69) is 10.3 Å². The van der Waals surface area contributed by atoms with Crippen LogP contribution in [0.2, 0.25) is 0 Å². The van der Waals surface area contributed by atoms with Crippen LogP contribution in [-0.2, 0) is 0 Å². The Bertz CT molecular complexity index is 1160. The molecule has 2 heterocycles. The second-order valence-electron chi connectivity index (χ2n) is 8.48. The van der Waals surface area contributed by atoms with Crippen molar-refractivity contribution in [1.29, 1.82) is 0 Å². The summed E-state index contributed by atoms with van der Waals surface area (Å²) in [6, 6.07) is 17.1. The molecule has 0 spiro atoms. The highest BCUT2D eigenvalue weighted by Crippen LogP contribution is 2.42. The molecule has 2 amide bonds. The first-order valence-corrected chi connectivity index (χ1v) is 11.4. The van der Waals surface area contributed by atoms with Crippen LogP contribution >= 0.6 is 0 Å². The fourth-order valence-electron chi connectivity index (χ4n) is 4.39. The smallest absolute Gasteiger partial charge is 0.276 e. The third-order valence-electron chi connectivity index (χ3n) is 6.28. The Morgan fingerprint density at radius 1 is 0.879 bits per heavy atom. The second kappa shape index (κ2) is 9.05. The summed E-state index contributed by atoms with van der Waals surface area (Å²) in [6.45, 7) is 2.10. The topological polar surface area (TPSA) is 80.6 Å². The zero-order valence-corrected chi connectivity index (χ0v) is 18.7. The lowest BCUT2D eigenvalue weighted by atomic mass is 10.1. The van der Waals surface area contributed by atoms with Crippen LogP contribution in [-0.4, -0.2) is 69.9 Å². The van der Waals surface area contributed by atoms with E-state index in [4.69, 9.17) is 4.74 Å². The number of nitrogens with zero attached hydrogens (tertiary/aromatic N) is 5. The highest BCUT2D eigenvalue weighted by atomic mass is 16.5. The summed E-state index contributed by atoms with van der Waals surface area (Å²) in [4.78, 5) is 30.2. The fraction of sp³-hybridized carbons (Fsp3) is 0.360. The average Bonchev–Trinajstić information content (AvgIpc) is 3.66. The molecule has 2 fully saturated rings. The molecule has 33 heavy (non-hydrogen) atoms. The van der Waals surface area contributed by atoms with Crippen molar-refractivity contribution in [2.75, 3.05) is 33.3 Å². The SMILES string of the molecule is COc1ccccc1C(=O)N1CCCN(C(=O)c2nnn(-c3ccccc3)c2C2CC2)CC1. The van der Waals surface area contributed by atoms with Crippen molar-refractivity contribution < 1.29 is 14.3 Å². The molecule has 5 rings (SSSR count). The molecule has 0 radical (unpaired) electrons. The molecule has 8 nitrogen and oxygen atoms in total. The lowest BCUT2D eigenvalue weighted by molar-refractivity contribution is 0.0713. The maximum atomic E-state index is 13.5. The zero-order valence-electron chi connectivity index (χ0n) is 18.7. The number of methoxy groups -OCH3 is 1. The minimum absolute atomic E-state index is 0.0737. The molecule has 1 saturated heterocycles. The van der Waals surface area contributed by atoms with Gasteiger partial charge in [-0.15, -0.1) is 5.10 Å². The Hall–Kier alpha value is -3.68. The van der Waals surface area contributed by atoms with Gasteiger partial charge in [0, 0.05) is 32.1 Å². The number of ether oxygens (including phenoxy) is 1. The van der Waals surface area contributed by atoms with E-state index in [9.17, 15) is 9.59 Å². The Kier molecular flexibility index (Phi) is 5.81. The Labute approximate surface area is 192 Å². The largest absolute Gasteiger partial charge is 0.496 e. The van der Waals surface area contributed by atoms with Gasteiger partial charge in [-0.3, -0.25) is 9.59 Å². The summed E-state index contributed by atoms with van der Waals surface area (Å²) in [5.41, 5.74) is 2.79. The van der Waals surface area contributed by atoms with E-state index in [0.717, 1.165) is 24.2 Å². The molecule has 1 saturated carbocycles. The van der Waals surface area contributed by atoms with Gasteiger partial charge in [0.1, 0.15) is 5.75 Å². The summed E-state index contributed by atoms with van der Waals surface area (Å²) >= 11 is 0. The molecule has 8 heteroatoms. The molecule has 0 unspecified atom stereocenters. The molecule has 1 aliphatic heterocycles. The first-order valence-electron chi connectivity index (χ1n) is 11.4. The van der Waals surface area contributed by atoms with Crippen molar-refractivity contribution in [2.24, 2.45) is 0 Å². The van der Waals surface area contributed by atoms with Crippen molar-refractivity contribution in [3.05, 3.63) is 71.5 Å². The molecule has 170 valence electrons. The van der Waals surface area contributed by atoms with Crippen LogP contribution in [0.3, 0.4) is 0 Å². The monoisotopic (exact) mass is 445 g/mol. The van der Waals surface area contributed by atoms with Crippen LogP contribution in [0.1, 0.15) is 51.7 Å². The third kappa shape index (κ3) is 4.20. The highest BCUT2D eigenvalue weighted by molar-refractivity contribution is 5.97. The first kappa shape index (κ1) is 21.2. The van der Waals surface area contributed by atoms with Gasteiger partial charge in [0.25, 0.3) is 11.8 Å². The Morgan fingerprint density at radius 3 is 2.24 bits per heavy atom. The number of carbonyl (C=O) groups excluding carboxylic acids is 2. The fourth-order valence-corrected chi connectivity index (χ4v) is 4.39. The third-order valence-corrected chi connectivity index (χ3v) is 6.28. The van der Waals surface area contributed by atoms with Gasteiger partial charge >= 0.3 is 0 Å². The summed E-state index contributed by atoms with van der Waals surface area (Å²) in [7, 11) is 1.56. The van der Waals surface area contributed by atoms with Crippen LogP contribution in [0.5, 0.6) is 5.75 Å². The second-order valence-corrected chi connectivity index (χ2v) is 8.48. The molecular weight excluding hydrogens is 418 g/mol. The van der Waals surface area contributed by atoms with Crippen LogP contribution < -0.4 is 4.74 Å². The molecule has 0 atom stereocenters. The van der Waals surface area contributed by atoms with E-state index in [1.54, 1.807) is 33.7 Å². The van der Waals surface area contributed by atoms with Crippen molar-refractivity contribution in [2.45, 2.75) is 25.2 Å². The van der Waals surface area contributed by atoms with Gasteiger partial charge in [-0.1, -0.05) is 35.5 Å². The minimum Gasteiger partial charge on any atom is -0.496 e. The lowest BCUT2D eigenvalue weighted by Gasteiger charge is -2.22.